The van der Waals surface area contributed by atoms with E-state index in [0.29, 0.717) is 11.6 Å². The van der Waals surface area contributed by atoms with Crippen molar-refractivity contribution in [1.82, 2.24) is 4.98 Å². The Balaban J connectivity index is 2.24. The van der Waals surface area contributed by atoms with Crippen molar-refractivity contribution < 1.29 is 14.3 Å². The van der Waals surface area contributed by atoms with Gasteiger partial charge in [0.2, 0.25) is 5.89 Å². The van der Waals surface area contributed by atoms with Crippen LogP contribution in [0, 0.1) is 6.92 Å². The van der Waals surface area contributed by atoms with Crippen LogP contribution in [0.1, 0.15) is 35.0 Å². The minimum absolute atomic E-state index is 0.0702. The van der Waals surface area contributed by atoms with E-state index in [1.165, 1.54) is 6.07 Å². The number of hydrogen-bond donors (Lipinski definition) is 3. The van der Waals surface area contributed by atoms with E-state index in [9.17, 15) is 4.79 Å². The maximum Gasteiger partial charge on any atom is 0.337 e. The Morgan fingerprint density at radius 1 is 1.53 bits per heavy atom. The molecule has 1 heterocycles. The maximum absolute atomic E-state index is 11.0. The molecule has 6 heteroatoms. The van der Waals surface area contributed by atoms with Crippen LogP contribution in [-0.4, -0.2) is 16.1 Å². The second-order valence-corrected chi connectivity index (χ2v) is 4.25. The van der Waals surface area contributed by atoms with E-state index < -0.39 is 5.97 Å². The van der Waals surface area contributed by atoms with Crippen LogP contribution in [0.25, 0.3) is 0 Å². The second-order valence-electron chi connectivity index (χ2n) is 4.25. The lowest BCUT2D eigenvalue weighted by Gasteiger charge is -2.15. The van der Waals surface area contributed by atoms with Crippen molar-refractivity contribution in [3.63, 3.8) is 0 Å². The van der Waals surface area contributed by atoms with Gasteiger partial charge in [-0.3, -0.25) is 0 Å². The summed E-state index contributed by atoms with van der Waals surface area (Å²) in [5, 5.41) is 12.1. The molecule has 0 radical (unpaired) electrons. The first-order valence-corrected chi connectivity index (χ1v) is 5.79. The number of anilines is 2. The summed E-state index contributed by atoms with van der Waals surface area (Å²) in [5.74, 6) is 0.189. The molecule has 19 heavy (non-hydrogen) atoms. The molecule has 1 aromatic carbocycles. The summed E-state index contributed by atoms with van der Waals surface area (Å²) >= 11 is 0. The smallest absolute Gasteiger partial charge is 0.337 e. The monoisotopic (exact) mass is 261 g/mol. The Labute approximate surface area is 110 Å². The number of carboxylic acid groups (broad SMARTS) is 1. The molecule has 4 N–H and O–H groups in total. The number of nitrogens with one attached hydrogen (secondary N) is 1. The molecule has 0 aliphatic rings. The molecule has 0 amide bonds. The third kappa shape index (κ3) is 2.67. The molecule has 0 spiro atoms. The number of aromatic carboxylic acids is 1. The van der Waals surface area contributed by atoms with Gasteiger partial charge in [0.05, 0.1) is 23.1 Å². The molecule has 1 aromatic heterocycles. The topological polar surface area (TPSA) is 101 Å². The minimum atomic E-state index is -1.05. The van der Waals surface area contributed by atoms with E-state index in [-0.39, 0.29) is 17.3 Å². The van der Waals surface area contributed by atoms with Crippen LogP contribution in [0.15, 0.2) is 28.8 Å². The molecule has 0 saturated heterocycles. The van der Waals surface area contributed by atoms with Gasteiger partial charge in [0, 0.05) is 0 Å². The number of hydrogen-bond acceptors (Lipinski definition) is 5. The van der Waals surface area contributed by atoms with Gasteiger partial charge in [-0.05, 0) is 26.0 Å². The van der Waals surface area contributed by atoms with Gasteiger partial charge in [0.25, 0.3) is 0 Å². The number of para-hydroxylation sites is 1. The highest BCUT2D eigenvalue weighted by Crippen LogP contribution is 2.26. The maximum atomic E-state index is 11.0. The molecule has 2 aromatic rings. The van der Waals surface area contributed by atoms with E-state index in [4.69, 9.17) is 15.3 Å². The summed E-state index contributed by atoms with van der Waals surface area (Å²) in [6, 6.07) is 4.60. The lowest BCUT2D eigenvalue weighted by atomic mass is 10.1. The van der Waals surface area contributed by atoms with Gasteiger partial charge in [-0.25, -0.2) is 9.78 Å². The number of nitrogens with two attached hydrogens (primary N) is 1. The molecule has 2 rings (SSSR count). The van der Waals surface area contributed by atoms with Gasteiger partial charge in [-0.1, -0.05) is 6.07 Å². The van der Waals surface area contributed by atoms with Crippen LogP contribution in [0.5, 0.6) is 0 Å². The van der Waals surface area contributed by atoms with Crippen LogP contribution >= 0.6 is 0 Å². The van der Waals surface area contributed by atoms with Gasteiger partial charge < -0.3 is 20.6 Å². The van der Waals surface area contributed by atoms with Gasteiger partial charge in [-0.15, -0.1) is 0 Å². The zero-order valence-electron chi connectivity index (χ0n) is 10.7. The highest BCUT2D eigenvalue weighted by molar-refractivity contribution is 5.97. The fourth-order valence-corrected chi connectivity index (χ4v) is 1.74. The molecule has 6 nitrogen and oxygen atoms in total. The van der Waals surface area contributed by atoms with E-state index in [1.807, 2.05) is 13.8 Å². The van der Waals surface area contributed by atoms with Crippen molar-refractivity contribution in [1.29, 1.82) is 0 Å². The number of aryl methyl sites for hydroxylation is 1. The zero-order valence-corrected chi connectivity index (χ0v) is 10.7. The third-order valence-electron chi connectivity index (χ3n) is 2.72. The van der Waals surface area contributed by atoms with Crippen molar-refractivity contribution >= 4 is 17.3 Å². The molecule has 0 aliphatic carbocycles. The lowest BCUT2D eigenvalue weighted by Crippen LogP contribution is -2.11. The number of carbonyl (C=O) groups is 1. The predicted octanol–water partition coefficient (Wildman–Crippen LogP) is 2.44. The molecular weight excluding hydrogens is 246 g/mol. The lowest BCUT2D eigenvalue weighted by molar-refractivity contribution is 0.0698. The van der Waals surface area contributed by atoms with Crippen LogP contribution in [0.2, 0.25) is 0 Å². The molecule has 1 unspecified atom stereocenters. The van der Waals surface area contributed by atoms with Crippen molar-refractivity contribution in [3.8, 4) is 0 Å². The second kappa shape index (κ2) is 5.01. The first-order chi connectivity index (χ1) is 8.99. The van der Waals surface area contributed by atoms with Gasteiger partial charge >= 0.3 is 5.97 Å². The fraction of sp³-hybridized carbons (Fsp3) is 0.231. The Kier molecular flexibility index (Phi) is 3.41. The van der Waals surface area contributed by atoms with Gasteiger partial charge in [0.15, 0.2) is 0 Å². The van der Waals surface area contributed by atoms with Crippen LogP contribution < -0.4 is 11.1 Å². The summed E-state index contributed by atoms with van der Waals surface area (Å²) in [4.78, 5) is 15.1. The fourth-order valence-electron chi connectivity index (χ4n) is 1.74. The molecule has 100 valence electrons. The SMILES string of the molecule is Cc1cnc(C(C)Nc2cccc(C(=O)O)c2N)o1. The Bertz CT molecular complexity index is 607. The molecule has 1 atom stereocenters. The molecule has 0 bridgehead atoms. The molecule has 0 fully saturated rings. The number of nitrogen functional groups attached to an aromatic ring is 1. The average molecular weight is 261 g/mol. The van der Waals surface area contributed by atoms with Gasteiger partial charge in [-0.2, -0.15) is 0 Å². The van der Waals surface area contributed by atoms with E-state index >= 15 is 0 Å². The van der Waals surface area contributed by atoms with Crippen molar-refractivity contribution in [2.75, 3.05) is 11.1 Å². The number of benzene rings is 1. The summed E-state index contributed by atoms with van der Waals surface area (Å²) in [6.07, 6.45) is 1.63. The highest BCUT2D eigenvalue weighted by Gasteiger charge is 2.15. The summed E-state index contributed by atoms with van der Waals surface area (Å²) in [6.45, 7) is 3.67. The molecule has 0 saturated carbocycles. The zero-order chi connectivity index (χ0) is 14.0. The third-order valence-corrected chi connectivity index (χ3v) is 2.72. The van der Waals surface area contributed by atoms with E-state index in [2.05, 4.69) is 10.3 Å². The molecular formula is C13H15N3O3. The number of aromatic nitrogens is 1. The van der Waals surface area contributed by atoms with Crippen LogP contribution in [0.3, 0.4) is 0 Å². The minimum Gasteiger partial charge on any atom is -0.478 e. The highest BCUT2D eigenvalue weighted by atomic mass is 16.4. The summed E-state index contributed by atoms with van der Waals surface area (Å²) in [5.41, 5.74) is 6.64. The Morgan fingerprint density at radius 2 is 2.26 bits per heavy atom. The predicted molar refractivity (Wildman–Crippen MR) is 71.1 cm³/mol. The summed E-state index contributed by atoms with van der Waals surface area (Å²) in [7, 11) is 0. The Morgan fingerprint density at radius 3 is 2.84 bits per heavy atom. The van der Waals surface area contributed by atoms with Crippen molar-refractivity contribution in [2.24, 2.45) is 0 Å². The van der Waals surface area contributed by atoms with E-state index in [1.54, 1.807) is 18.3 Å². The number of oxazole rings is 1. The average Bonchev–Trinajstić information content (AvgIpc) is 2.78. The van der Waals surface area contributed by atoms with Crippen LogP contribution in [-0.2, 0) is 0 Å². The number of rotatable bonds is 4. The largest absolute Gasteiger partial charge is 0.478 e. The van der Waals surface area contributed by atoms with Crippen molar-refractivity contribution in [2.45, 2.75) is 19.9 Å². The standard InChI is InChI=1S/C13H15N3O3/c1-7-6-15-12(19-7)8(2)16-10-5-3-4-9(11(10)14)13(17)18/h3-6,8,16H,14H2,1-2H3,(H,17,18). The molecule has 0 aliphatic heterocycles. The summed E-state index contributed by atoms with van der Waals surface area (Å²) < 4.78 is 5.40. The van der Waals surface area contributed by atoms with Crippen molar-refractivity contribution in [3.05, 3.63) is 41.6 Å². The first kappa shape index (κ1) is 12.9. The first-order valence-electron chi connectivity index (χ1n) is 5.79. The number of carboxylic acids is 1. The van der Waals surface area contributed by atoms with Gasteiger partial charge in [0.1, 0.15) is 11.8 Å². The number of nitrogens with zero attached hydrogens (tertiary/aromatic N) is 1. The Hall–Kier alpha value is -2.50. The van der Waals surface area contributed by atoms with Crippen LogP contribution in [0.4, 0.5) is 11.4 Å². The normalized spacial score (nSPS) is 12.1. The van der Waals surface area contributed by atoms with E-state index in [0.717, 1.165) is 5.76 Å². The quantitative estimate of drug-likeness (QED) is 0.731.